The minimum absolute atomic E-state index is 0.0340. The standard InChI is InChI=1S/C19H16N4O2S/c20-10-13-3-1-4-14(9-13)19(24)23-7-2-5-15(11-23)17-21-22-18(25-17)16-6-8-26-12-16/h1,3-4,6,8-9,12,15H,2,5,7,11H2. The number of hydrogen-bond acceptors (Lipinski definition) is 6. The molecule has 130 valence electrons. The number of nitrogens with zero attached hydrogens (tertiary/aromatic N) is 4. The zero-order valence-electron chi connectivity index (χ0n) is 14.0. The second-order valence-corrected chi connectivity index (χ2v) is 7.02. The minimum Gasteiger partial charge on any atom is -0.420 e. The topological polar surface area (TPSA) is 83.0 Å². The Kier molecular flexibility index (Phi) is 4.50. The van der Waals surface area contributed by atoms with Crippen molar-refractivity contribution in [2.75, 3.05) is 13.1 Å². The molecule has 4 rings (SSSR count). The molecule has 0 aliphatic carbocycles. The molecule has 3 heterocycles. The van der Waals surface area contributed by atoms with Gasteiger partial charge in [0.15, 0.2) is 0 Å². The van der Waals surface area contributed by atoms with E-state index in [2.05, 4.69) is 16.3 Å². The van der Waals surface area contributed by atoms with Crippen molar-refractivity contribution in [1.29, 1.82) is 5.26 Å². The van der Waals surface area contributed by atoms with Gasteiger partial charge in [0.25, 0.3) is 5.91 Å². The quantitative estimate of drug-likeness (QED) is 0.708. The molecule has 1 atom stereocenters. The predicted octanol–water partition coefficient (Wildman–Crippen LogP) is 3.69. The lowest BCUT2D eigenvalue weighted by Gasteiger charge is -2.31. The number of amides is 1. The van der Waals surface area contributed by atoms with Crippen LogP contribution < -0.4 is 0 Å². The molecule has 0 N–H and O–H groups in total. The molecule has 1 amide bonds. The van der Waals surface area contributed by atoms with Crippen molar-refractivity contribution in [3.63, 3.8) is 0 Å². The molecule has 2 aromatic heterocycles. The number of benzene rings is 1. The summed E-state index contributed by atoms with van der Waals surface area (Å²) in [5.41, 5.74) is 1.95. The molecule has 1 fully saturated rings. The molecule has 0 spiro atoms. The SMILES string of the molecule is N#Cc1cccc(C(=O)N2CCCC(c3nnc(-c4ccsc4)o3)C2)c1. The summed E-state index contributed by atoms with van der Waals surface area (Å²) in [5, 5.41) is 21.3. The van der Waals surface area contributed by atoms with Gasteiger partial charge in [-0.25, -0.2) is 0 Å². The van der Waals surface area contributed by atoms with Gasteiger partial charge in [-0.3, -0.25) is 4.79 Å². The molecule has 0 saturated carbocycles. The van der Waals surface area contributed by atoms with Crippen molar-refractivity contribution in [2.45, 2.75) is 18.8 Å². The van der Waals surface area contributed by atoms with Gasteiger partial charge in [0.1, 0.15) is 0 Å². The molecular weight excluding hydrogens is 348 g/mol. The van der Waals surface area contributed by atoms with Crippen LogP contribution in [0, 0.1) is 11.3 Å². The Hall–Kier alpha value is -2.98. The molecule has 7 heteroatoms. The highest BCUT2D eigenvalue weighted by Gasteiger charge is 2.29. The normalized spacial score (nSPS) is 17.0. The minimum atomic E-state index is -0.0654. The Balaban J connectivity index is 1.51. The van der Waals surface area contributed by atoms with Gasteiger partial charge in [0, 0.05) is 29.6 Å². The van der Waals surface area contributed by atoms with Crippen molar-refractivity contribution in [3.05, 3.63) is 58.1 Å². The first kappa shape index (κ1) is 16.5. The third-order valence-electron chi connectivity index (χ3n) is 4.51. The molecule has 26 heavy (non-hydrogen) atoms. The van der Waals surface area contributed by atoms with Gasteiger partial charge in [-0.15, -0.1) is 10.2 Å². The lowest BCUT2D eigenvalue weighted by Crippen LogP contribution is -2.39. The van der Waals surface area contributed by atoms with E-state index >= 15 is 0 Å². The van der Waals surface area contributed by atoms with E-state index in [0.29, 0.717) is 36.0 Å². The molecule has 1 aliphatic rings. The van der Waals surface area contributed by atoms with E-state index in [1.54, 1.807) is 40.5 Å². The average molecular weight is 364 g/mol. The largest absolute Gasteiger partial charge is 0.420 e. The fraction of sp³-hybridized carbons (Fsp3) is 0.263. The van der Waals surface area contributed by atoms with Crippen LogP contribution in [0.3, 0.4) is 0 Å². The van der Waals surface area contributed by atoms with E-state index in [0.717, 1.165) is 18.4 Å². The highest BCUT2D eigenvalue weighted by Crippen LogP contribution is 2.29. The van der Waals surface area contributed by atoms with Gasteiger partial charge in [-0.2, -0.15) is 16.6 Å². The van der Waals surface area contributed by atoms with E-state index in [-0.39, 0.29) is 11.8 Å². The Morgan fingerprint density at radius 2 is 2.27 bits per heavy atom. The highest BCUT2D eigenvalue weighted by molar-refractivity contribution is 7.08. The van der Waals surface area contributed by atoms with Crippen LogP contribution in [0.2, 0.25) is 0 Å². The zero-order chi connectivity index (χ0) is 17.9. The third kappa shape index (κ3) is 3.24. The van der Waals surface area contributed by atoms with Crippen LogP contribution in [-0.4, -0.2) is 34.1 Å². The van der Waals surface area contributed by atoms with Crippen molar-refractivity contribution < 1.29 is 9.21 Å². The van der Waals surface area contributed by atoms with Gasteiger partial charge in [-0.05, 0) is 42.5 Å². The van der Waals surface area contributed by atoms with E-state index in [1.165, 1.54) is 0 Å². The summed E-state index contributed by atoms with van der Waals surface area (Å²) in [4.78, 5) is 14.6. The first-order chi connectivity index (χ1) is 12.7. The number of rotatable bonds is 3. The molecule has 0 bridgehead atoms. The Morgan fingerprint density at radius 1 is 1.35 bits per heavy atom. The maximum atomic E-state index is 12.8. The number of carbonyl (C=O) groups is 1. The first-order valence-corrected chi connectivity index (χ1v) is 9.34. The van der Waals surface area contributed by atoms with Crippen molar-refractivity contribution in [3.8, 4) is 17.5 Å². The molecule has 3 aromatic rings. The van der Waals surface area contributed by atoms with E-state index < -0.39 is 0 Å². The zero-order valence-corrected chi connectivity index (χ0v) is 14.8. The Labute approximate surface area is 154 Å². The van der Waals surface area contributed by atoms with E-state index in [4.69, 9.17) is 9.68 Å². The first-order valence-electron chi connectivity index (χ1n) is 8.40. The number of piperidine rings is 1. The lowest BCUT2D eigenvalue weighted by molar-refractivity contribution is 0.0698. The number of likely N-dealkylation sites (tertiary alicyclic amines) is 1. The van der Waals surface area contributed by atoms with Crippen LogP contribution in [0.25, 0.3) is 11.5 Å². The van der Waals surface area contributed by atoms with Gasteiger partial charge in [-0.1, -0.05) is 6.07 Å². The molecule has 1 saturated heterocycles. The molecule has 1 aromatic carbocycles. The summed E-state index contributed by atoms with van der Waals surface area (Å²) in [6, 6.07) is 10.8. The summed E-state index contributed by atoms with van der Waals surface area (Å²) in [6.07, 6.45) is 1.79. The second kappa shape index (κ2) is 7.10. The van der Waals surface area contributed by atoms with Crippen LogP contribution >= 0.6 is 11.3 Å². The van der Waals surface area contributed by atoms with Crippen LogP contribution in [-0.2, 0) is 0 Å². The summed E-state index contributed by atoms with van der Waals surface area (Å²) in [6.45, 7) is 1.23. The number of hydrogen-bond donors (Lipinski definition) is 0. The molecular formula is C19H16N4O2S. The van der Waals surface area contributed by atoms with Crippen LogP contribution in [0.4, 0.5) is 0 Å². The molecule has 1 unspecified atom stereocenters. The Bertz CT molecular complexity index is 958. The van der Waals surface area contributed by atoms with E-state index in [1.807, 2.05) is 16.8 Å². The smallest absolute Gasteiger partial charge is 0.253 e. The second-order valence-electron chi connectivity index (χ2n) is 6.24. The highest BCUT2D eigenvalue weighted by atomic mass is 32.1. The number of nitriles is 1. The molecule has 1 aliphatic heterocycles. The maximum Gasteiger partial charge on any atom is 0.253 e. The van der Waals surface area contributed by atoms with Gasteiger partial charge >= 0.3 is 0 Å². The monoisotopic (exact) mass is 364 g/mol. The predicted molar refractivity (Wildman–Crippen MR) is 96.6 cm³/mol. The average Bonchev–Trinajstić information content (AvgIpc) is 3.39. The van der Waals surface area contributed by atoms with Crippen LogP contribution in [0.1, 0.15) is 40.6 Å². The van der Waals surface area contributed by atoms with Crippen molar-refractivity contribution in [2.24, 2.45) is 0 Å². The number of carbonyl (C=O) groups excluding carboxylic acids is 1. The summed E-state index contributed by atoms with van der Waals surface area (Å²) >= 11 is 1.58. The van der Waals surface area contributed by atoms with Crippen LogP contribution in [0.15, 0.2) is 45.5 Å². The lowest BCUT2D eigenvalue weighted by atomic mass is 9.97. The number of thiophene rings is 1. The fourth-order valence-corrected chi connectivity index (χ4v) is 3.80. The van der Waals surface area contributed by atoms with E-state index in [9.17, 15) is 4.79 Å². The van der Waals surface area contributed by atoms with Crippen molar-refractivity contribution in [1.82, 2.24) is 15.1 Å². The van der Waals surface area contributed by atoms with Gasteiger partial charge in [0.2, 0.25) is 11.8 Å². The van der Waals surface area contributed by atoms with Crippen LogP contribution in [0.5, 0.6) is 0 Å². The van der Waals surface area contributed by atoms with Crippen molar-refractivity contribution >= 4 is 17.2 Å². The molecule has 6 nitrogen and oxygen atoms in total. The summed E-state index contributed by atoms with van der Waals surface area (Å²) in [5.74, 6) is 1.07. The Morgan fingerprint density at radius 3 is 3.08 bits per heavy atom. The third-order valence-corrected chi connectivity index (χ3v) is 5.19. The fourth-order valence-electron chi connectivity index (χ4n) is 3.17. The van der Waals surface area contributed by atoms with Gasteiger partial charge < -0.3 is 9.32 Å². The summed E-state index contributed by atoms with van der Waals surface area (Å²) in [7, 11) is 0. The summed E-state index contributed by atoms with van der Waals surface area (Å²) < 4.78 is 5.84. The maximum absolute atomic E-state index is 12.8. The number of aromatic nitrogens is 2. The molecule has 0 radical (unpaired) electrons. The van der Waals surface area contributed by atoms with Gasteiger partial charge in [0.05, 0.1) is 17.6 Å².